The van der Waals surface area contributed by atoms with E-state index in [1.165, 1.54) is 35.9 Å². The lowest BCUT2D eigenvalue weighted by Gasteiger charge is -2.18. The second kappa shape index (κ2) is 7.31. The van der Waals surface area contributed by atoms with Gasteiger partial charge in [0.05, 0.1) is 5.75 Å². The molecule has 0 aromatic carbocycles. The zero-order valence-corrected chi connectivity index (χ0v) is 16.6. The minimum absolute atomic E-state index is 0.199. The van der Waals surface area contributed by atoms with Crippen LogP contribution in [0.25, 0.3) is 10.4 Å². The van der Waals surface area contributed by atoms with E-state index in [1.807, 2.05) is 26.8 Å². The number of hydrogen-bond acceptors (Lipinski definition) is 4. The molecule has 0 saturated heterocycles. The number of H-pyrrole nitrogens is 1. The number of ketones is 1. The van der Waals surface area contributed by atoms with E-state index >= 15 is 0 Å². The van der Waals surface area contributed by atoms with Crippen LogP contribution in [0.15, 0.2) is 22.5 Å². The first-order valence-corrected chi connectivity index (χ1v) is 10.5. The Morgan fingerprint density at radius 3 is 2.76 bits per heavy atom. The number of fused-ring (bicyclic) bond motifs is 1. The van der Waals surface area contributed by atoms with Gasteiger partial charge in [0.25, 0.3) is 5.03 Å². The van der Waals surface area contributed by atoms with Crippen LogP contribution in [0.1, 0.15) is 50.4 Å². The van der Waals surface area contributed by atoms with E-state index in [4.69, 9.17) is 0 Å². The number of Topliss-reactive ketones (excluding diaryl/α,β-unsaturated/α-hetero) is 1. The Labute approximate surface area is 157 Å². The molecule has 130 valence electrons. The maximum Gasteiger partial charge on any atom is 0.257 e. The van der Waals surface area contributed by atoms with Gasteiger partial charge in [-0.15, -0.1) is 11.3 Å². The lowest BCUT2D eigenvalue weighted by Crippen LogP contribution is -2.25. The molecule has 1 aliphatic rings. The molecule has 25 heavy (non-hydrogen) atoms. The number of aromatic amines is 1. The van der Waals surface area contributed by atoms with Crippen LogP contribution in [0, 0.1) is 16.7 Å². The zero-order chi connectivity index (χ0) is 18.0. The second-order valence-corrected chi connectivity index (χ2v) is 9.35. The molecule has 0 atom stereocenters. The first-order chi connectivity index (χ1) is 11.9. The Bertz CT molecular complexity index is 827. The molecule has 0 bridgehead atoms. The Hall–Kier alpha value is -1.64. The molecule has 0 amide bonds. The number of aromatic nitrogens is 1. The predicted molar refractivity (Wildman–Crippen MR) is 103 cm³/mol. The van der Waals surface area contributed by atoms with Crippen molar-refractivity contribution in [2.75, 3.05) is 5.75 Å². The molecule has 2 heterocycles. The van der Waals surface area contributed by atoms with Gasteiger partial charge in [-0.05, 0) is 42.5 Å². The highest BCUT2D eigenvalue weighted by molar-refractivity contribution is 7.99. The fourth-order valence-corrected chi connectivity index (χ4v) is 5.04. The Morgan fingerprint density at radius 1 is 1.36 bits per heavy atom. The smallest absolute Gasteiger partial charge is 0.257 e. The summed E-state index contributed by atoms with van der Waals surface area (Å²) >= 11 is 3.14. The SMILES string of the molecule is CC(C)(C)C(=O)CSc1[nH+]c2c(c(-c3cccs3)c1C#N)CCCC2. The molecule has 0 aliphatic heterocycles. The van der Waals surface area contributed by atoms with Gasteiger partial charge in [-0.3, -0.25) is 4.79 Å². The van der Waals surface area contributed by atoms with Gasteiger partial charge in [0.15, 0.2) is 5.69 Å². The summed E-state index contributed by atoms with van der Waals surface area (Å²) in [5.74, 6) is 0.586. The third-order valence-electron chi connectivity index (χ3n) is 4.57. The van der Waals surface area contributed by atoms with Crippen LogP contribution < -0.4 is 4.98 Å². The van der Waals surface area contributed by atoms with Crippen molar-refractivity contribution in [1.82, 2.24) is 0 Å². The number of rotatable bonds is 4. The quantitative estimate of drug-likeness (QED) is 0.733. The molecule has 3 nitrogen and oxygen atoms in total. The third kappa shape index (κ3) is 3.80. The number of nitrogens with one attached hydrogen (secondary N) is 1. The monoisotopic (exact) mass is 371 g/mol. The highest BCUT2D eigenvalue weighted by atomic mass is 32.2. The highest BCUT2D eigenvalue weighted by Crippen LogP contribution is 2.38. The van der Waals surface area contributed by atoms with Crippen molar-refractivity contribution in [3.8, 4) is 16.5 Å². The minimum atomic E-state index is -0.357. The van der Waals surface area contributed by atoms with Gasteiger partial charge in [0, 0.05) is 27.8 Å². The van der Waals surface area contributed by atoms with Gasteiger partial charge < -0.3 is 0 Å². The molecule has 0 fully saturated rings. The van der Waals surface area contributed by atoms with Crippen LogP contribution >= 0.6 is 23.1 Å². The van der Waals surface area contributed by atoms with Gasteiger partial charge in [0.2, 0.25) is 0 Å². The fraction of sp³-hybridized carbons (Fsp3) is 0.450. The van der Waals surface area contributed by atoms with E-state index < -0.39 is 0 Å². The van der Waals surface area contributed by atoms with E-state index in [9.17, 15) is 10.1 Å². The maximum atomic E-state index is 12.3. The van der Waals surface area contributed by atoms with Crippen LogP contribution in [-0.4, -0.2) is 11.5 Å². The van der Waals surface area contributed by atoms with Gasteiger partial charge in [-0.2, -0.15) is 5.26 Å². The van der Waals surface area contributed by atoms with Crippen LogP contribution in [0.5, 0.6) is 0 Å². The van der Waals surface area contributed by atoms with Crippen LogP contribution in [0.4, 0.5) is 0 Å². The van der Waals surface area contributed by atoms with Crippen LogP contribution in [-0.2, 0) is 17.6 Å². The van der Waals surface area contributed by atoms with E-state index in [1.54, 1.807) is 11.3 Å². The molecule has 0 saturated carbocycles. The number of nitrogens with zero attached hydrogens (tertiary/aromatic N) is 1. The van der Waals surface area contributed by atoms with Crippen LogP contribution in [0.3, 0.4) is 0 Å². The molecule has 0 spiro atoms. The summed E-state index contributed by atoms with van der Waals surface area (Å²) in [6, 6.07) is 6.53. The molecule has 3 rings (SSSR count). The predicted octanol–water partition coefficient (Wildman–Crippen LogP) is 4.69. The van der Waals surface area contributed by atoms with Gasteiger partial charge in [0.1, 0.15) is 17.4 Å². The van der Waals surface area contributed by atoms with Gasteiger partial charge >= 0.3 is 0 Å². The van der Waals surface area contributed by atoms with E-state index in [2.05, 4.69) is 22.5 Å². The van der Waals surface area contributed by atoms with E-state index in [0.29, 0.717) is 11.3 Å². The maximum absolute atomic E-state index is 12.3. The fourth-order valence-electron chi connectivity index (χ4n) is 3.05. The number of carbonyl (C=O) groups excluding carboxylic acids is 1. The summed E-state index contributed by atoms with van der Waals surface area (Å²) in [5, 5.41) is 12.8. The normalized spacial score (nSPS) is 14.0. The van der Waals surface area contributed by atoms with Crippen molar-refractivity contribution in [1.29, 1.82) is 5.26 Å². The molecule has 2 aromatic rings. The van der Waals surface area contributed by atoms with Crippen molar-refractivity contribution in [2.45, 2.75) is 51.5 Å². The zero-order valence-electron chi connectivity index (χ0n) is 14.9. The molecule has 0 unspecified atom stereocenters. The number of aryl methyl sites for hydroxylation is 1. The largest absolute Gasteiger partial charge is 0.298 e. The first-order valence-electron chi connectivity index (χ1n) is 8.63. The Kier molecular flexibility index (Phi) is 5.31. The van der Waals surface area contributed by atoms with E-state index in [0.717, 1.165) is 28.3 Å². The highest BCUT2D eigenvalue weighted by Gasteiger charge is 2.30. The summed E-state index contributed by atoms with van der Waals surface area (Å²) in [6.45, 7) is 5.82. The Balaban J connectivity index is 2.06. The number of hydrogen-bond donors (Lipinski definition) is 0. The lowest BCUT2D eigenvalue weighted by atomic mass is 9.89. The minimum Gasteiger partial charge on any atom is -0.298 e. The lowest BCUT2D eigenvalue weighted by molar-refractivity contribution is -0.439. The number of nitriles is 1. The van der Waals surface area contributed by atoms with Crippen molar-refractivity contribution in [3.05, 3.63) is 34.3 Å². The third-order valence-corrected chi connectivity index (χ3v) is 6.46. The summed E-state index contributed by atoms with van der Waals surface area (Å²) in [4.78, 5) is 17.0. The molecule has 0 radical (unpaired) electrons. The number of pyridine rings is 1. The first kappa shape index (κ1) is 18.2. The van der Waals surface area contributed by atoms with E-state index in [-0.39, 0.29) is 11.2 Å². The number of thioether (sulfide) groups is 1. The second-order valence-electron chi connectivity index (χ2n) is 7.42. The van der Waals surface area contributed by atoms with Gasteiger partial charge in [-0.1, -0.05) is 26.8 Å². The topological polar surface area (TPSA) is 55.0 Å². The van der Waals surface area contributed by atoms with Crippen LogP contribution in [0.2, 0.25) is 0 Å². The summed E-state index contributed by atoms with van der Waals surface area (Å²) < 4.78 is 0. The van der Waals surface area contributed by atoms with Crippen molar-refractivity contribution in [2.24, 2.45) is 5.41 Å². The van der Waals surface area contributed by atoms with Gasteiger partial charge in [-0.25, -0.2) is 4.98 Å². The standard InChI is InChI=1S/C20H22N2OS2/c1-20(2,3)17(23)12-25-19-14(11-21)18(16-9-6-10-24-16)13-7-4-5-8-15(13)22-19/h6,9-10H,4-5,7-8,12H2,1-3H3/p+1. The van der Waals surface area contributed by atoms with Crippen molar-refractivity contribution < 1.29 is 9.78 Å². The van der Waals surface area contributed by atoms with Crippen molar-refractivity contribution >= 4 is 28.9 Å². The average Bonchev–Trinajstić information content (AvgIpc) is 3.11. The summed E-state index contributed by atoms with van der Waals surface area (Å²) in [7, 11) is 0. The van der Waals surface area contributed by atoms with Crippen molar-refractivity contribution in [3.63, 3.8) is 0 Å². The summed E-state index contributed by atoms with van der Waals surface area (Å²) in [6.07, 6.45) is 4.36. The molecular formula is C20H23N2OS2+. The summed E-state index contributed by atoms with van der Waals surface area (Å²) in [5.41, 5.74) is 3.94. The molecule has 5 heteroatoms. The number of carbonyl (C=O) groups is 1. The number of thiophene rings is 1. The molecule has 2 aromatic heterocycles. The average molecular weight is 372 g/mol. The Morgan fingerprint density at radius 2 is 2.12 bits per heavy atom. The molecule has 1 N–H and O–H groups in total. The molecule has 1 aliphatic carbocycles. The molecular weight excluding hydrogens is 348 g/mol.